The summed E-state index contributed by atoms with van der Waals surface area (Å²) in [5, 5.41) is 13.2. The summed E-state index contributed by atoms with van der Waals surface area (Å²) in [6.07, 6.45) is 5.06. The molecule has 1 saturated carbocycles. The summed E-state index contributed by atoms with van der Waals surface area (Å²) in [6, 6.07) is 7.08. The highest BCUT2D eigenvalue weighted by molar-refractivity contribution is 5.32. The molecule has 2 rings (SSSR count). The highest BCUT2D eigenvalue weighted by atomic mass is 16.3. The van der Waals surface area contributed by atoms with Crippen molar-refractivity contribution in [3.63, 3.8) is 0 Å². The molecule has 1 aliphatic rings. The highest BCUT2D eigenvalue weighted by Crippen LogP contribution is 2.30. The molecule has 0 saturated heterocycles. The molecule has 1 aromatic rings. The average Bonchev–Trinajstić information content (AvgIpc) is 2.45. The zero-order valence-corrected chi connectivity index (χ0v) is 13.2. The normalized spacial score (nSPS) is 24.6. The van der Waals surface area contributed by atoms with Gasteiger partial charge in [0.25, 0.3) is 0 Å². The lowest BCUT2D eigenvalue weighted by Gasteiger charge is -2.31. The van der Waals surface area contributed by atoms with Gasteiger partial charge in [0.15, 0.2) is 0 Å². The van der Waals surface area contributed by atoms with Crippen LogP contribution >= 0.6 is 0 Å². The number of hydrogen-bond donors (Lipinski definition) is 2. The summed E-state index contributed by atoms with van der Waals surface area (Å²) in [7, 11) is 0. The summed E-state index contributed by atoms with van der Waals surface area (Å²) in [4.78, 5) is 0. The molecule has 0 heterocycles. The second-order valence-corrected chi connectivity index (χ2v) is 6.48. The average molecular weight is 275 g/mol. The van der Waals surface area contributed by atoms with Gasteiger partial charge in [-0.25, -0.2) is 0 Å². The van der Waals surface area contributed by atoms with Crippen molar-refractivity contribution < 1.29 is 5.11 Å². The van der Waals surface area contributed by atoms with E-state index in [-0.39, 0.29) is 0 Å². The van der Waals surface area contributed by atoms with Crippen molar-refractivity contribution in [1.29, 1.82) is 0 Å². The van der Waals surface area contributed by atoms with Crippen LogP contribution in [0.3, 0.4) is 0 Å². The van der Waals surface area contributed by atoms with Gasteiger partial charge in [0.05, 0.1) is 0 Å². The van der Waals surface area contributed by atoms with Gasteiger partial charge in [-0.15, -0.1) is 0 Å². The van der Waals surface area contributed by atoms with E-state index in [0.717, 1.165) is 6.54 Å². The number of benzene rings is 1. The maximum absolute atomic E-state index is 9.49. The van der Waals surface area contributed by atoms with Crippen LogP contribution in [0.25, 0.3) is 0 Å². The van der Waals surface area contributed by atoms with Gasteiger partial charge in [0.1, 0.15) is 0 Å². The Bertz CT molecular complexity index is 429. The Morgan fingerprint density at radius 1 is 1.20 bits per heavy atom. The second kappa shape index (κ2) is 7.24. The van der Waals surface area contributed by atoms with Gasteiger partial charge in [-0.3, -0.25) is 0 Å². The summed E-state index contributed by atoms with van der Waals surface area (Å²) in [5.74, 6) is 1.14. The molecule has 1 aliphatic carbocycles. The molecule has 0 aliphatic heterocycles. The fourth-order valence-corrected chi connectivity index (χ4v) is 3.54. The van der Waals surface area contributed by atoms with Crippen LogP contribution in [-0.4, -0.2) is 18.3 Å². The Labute approximate surface area is 123 Å². The van der Waals surface area contributed by atoms with Crippen LogP contribution in [0, 0.1) is 25.7 Å². The van der Waals surface area contributed by atoms with E-state index >= 15 is 0 Å². The van der Waals surface area contributed by atoms with Crippen molar-refractivity contribution in [1.82, 2.24) is 5.32 Å². The summed E-state index contributed by atoms with van der Waals surface area (Å²) in [6.45, 7) is 7.96. The molecule has 2 N–H and O–H groups in total. The van der Waals surface area contributed by atoms with Gasteiger partial charge in [-0.2, -0.15) is 0 Å². The Balaban J connectivity index is 1.92. The Hall–Kier alpha value is -0.860. The monoisotopic (exact) mass is 275 g/mol. The maximum atomic E-state index is 9.49. The molecule has 20 heavy (non-hydrogen) atoms. The smallest absolute Gasteiger partial charge is 0.0462 e. The quantitative estimate of drug-likeness (QED) is 0.857. The van der Waals surface area contributed by atoms with Crippen LogP contribution in [0.5, 0.6) is 0 Å². The standard InChI is InChI=1S/C18H29NO/c1-13-8-9-18(14(2)10-13)15(3)19-11-16-6-4-5-7-17(16)12-20/h8-10,15-17,19-20H,4-7,11-12H2,1-3H3. The first-order valence-electron chi connectivity index (χ1n) is 8.03. The van der Waals surface area contributed by atoms with Gasteiger partial charge in [-0.05, 0) is 63.1 Å². The molecule has 1 aromatic carbocycles. The molecule has 0 spiro atoms. The van der Waals surface area contributed by atoms with Gasteiger partial charge in [0.2, 0.25) is 0 Å². The van der Waals surface area contributed by atoms with E-state index in [1.165, 1.54) is 42.4 Å². The molecule has 0 aromatic heterocycles. The molecule has 1 fully saturated rings. The minimum Gasteiger partial charge on any atom is -0.396 e. The number of nitrogens with one attached hydrogen (secondary N) is 1. The fourth-order valence-electron chi connectivity index (χ4n) is 3.54. The van der Waals surface area contributed by atoms with Crippen LogP contribution in [0.15, 0.2) is 18.2 Å². The minimum absolute atomic E-state index is 0.351. The topological polar surface area (TPSA) is 32.3 Å². The van der Waals surface area contributed by atoms with Gasteiger partial charge in [0, 0.05) is 12.6 Å². The second-order valence-electron chi connectivity index (χ2n) is 6.48. The predicted octanol–water partition coefficient (Wildman–Crippen LogP) is 3.75. The highest BCUT2D eigenvalue weighted by Gasteiger charge is 2.24. The third kappa shape index (κ3) is 3.83. The first kappa shape index (κ1) is 15.5. The Kier molecular flexibility index (Phi) is 5.62. The molecule has 3 unspecified atom stereocenters. The zero-order valence-electron chi connectivity index (χ0n) is 13.2. The van der Waals surface area contributed by atoms with E-state index in [2.05, 4.69) is 44.3 Å². The van der Waals surface area contributed by atoms with E-state index in [1.54, 1.807) is 0 Å². The molecular formula is C18H29NO. The van der Waals surface area contributed by atoms with Crippen molar-refractivity contribution >= 4 is 0 Å². The predicted molar refractivity (Wildman–Crippen MR) is 84.9 cm³/mol. The van der Waals surface area contributed by atoms with Crippen molar-refractivity contribution in [3.05, 3.63) is 34.9 Å². The van der Waals surface area contributed by atoms with Crippen LogP contribution in [-0.2, 0) is 0 Å². The van der Waals surface area contributed by atoms with Crippen molar-refractivity contribution in [2.75, 3.05) is 13.2 Å². The van der Waals surface area contributed by atoms with Crippen molar-refractivity contribution in [3.8, 4) is 0 Å². The van der Waals surface area contributed by atoms with Gasteiger partial charge >= 0.3 is 0 Å². The number of aryl methyl sites for hydroxylation is 2. The molecule has 0 amide bonds. The number of aliphatic hydroxyl groups excluding tert-OH is 1. The lowest BCUT2D eigenvalue weighted by molar-refractivity contribution is 0.131. The van der Waals surface area contributed by atoms with E-state index < -0.39 is 0 Å². The van der Waals surface area contributed by atoms with E-state index in [0.29, 0.717) is 24.5 Å². The first-order chi connectivity index (χ1) is 9.61. The largest absolute Gasteiger partial charge is 0.396 e. The van der Waals surface area contributed by atoms with Gasteiger partial charge < -0.3 is 10.4 Å². The Morgan fingerprint density at radius 2 is 1.90 bits per heavy atom. The summed E-state index contributed by atoms with van der Waals surface area (Å²) in [5.41, 5.74) is 4.09. The Morgan fingerprint density at radius 3 is 2.55 bits per heavy atom. The minimum atomic E-state index is 0.351. The third-order valence-corrected chi connectivity index (χ3v) is 4.88. The molecule has 2 heteroatoms. The van der Waals surface area contributed by atoms with Crippen LogP contribution in [0.1, 0.15) is 55.3 Å². The van der Waals surface area contributed by atoms with Crippen LogP contribution in [0.2, 0.25) is 0 Å². The SMILES string of the molecule is Cc1ccc(C(C)NCC2CCCCC2CO)c(C)c1. The molecule has 112 valence electrons. The summed E-state index contributed by atoms with van der Waals surface area (Å²) < 4.78 is 0. The van der Waals surface area contributed by atoms with E-state index in [1.807, 2.05) is 0 Å². The van der Waals surface area contributed by atoms with Crippen molar-refractivity contribution in [2.45, 2.75) is 52.5 Å². The molecule has 0 bridgehead atoms. The first-order valence-corrected chi connectivity index (χ1v) is 8.03. The van der Waals surface area contributed by atoms with Crippen molar-refractivity contribution in [2.24, 2.45) is 11.8 Å². The number of rotatable bonds is 5. The van der Waals surface area contributed by atoms with Crippen LogP contribution < -0.4 is 5.32 Å². The lowest BCUT2D eigenvalue weighted by Crippen LogP contribution is -2.33. The lowest BCUT2D eigenvalue weighted by atomic mass is 9.79. The maximum Gasteiger partial charge on any atom is 0.0462 e. The molecule has 3 atom stereocenters. The molecule has 2 nitrogen and oxygen atoms in total. The molecule has 0 radical (unpaired) electrons. The number of aliphatic hydroxyl groups is 1. The zero-order chi connectivity index (χ0) is 14.5. The fraction of sp³-hybridized carbons (Fsp3) is 0.667. The third-order valence-electron chi connectivity index (χ3n) is 4.88. The van der Waals surface area contributed by atoms with Crippen LogP contribution in [0.4, 0.5) is 0 Å². The summed E-state index contributed by atoms with van der Waals surface area (Å²) >= 11 is 0. The van der Waals surface area contributed by atoms with Gasteiger partial charge in [-0.1, -0.05) is 36.6 Å². The van der Waals surface area contributed by atoms with E-state index in [4.69, 9.17) is 0 Å². The van der Waals surface area contributed by atoms with E-state index in [9.17, 15) is 5.11 Å². The molecular weight excluding hydrogens is 246 g/mol. The number of hydrogen-bond acceptors (Lipinski definition) is 2.